The first-order valence-electron chi connectivity index (χ1n) is 8.32. The van der Waals surface area contributed by atoms with Crippen molar-refractivity contribution in [2.24, 2.45) is 5.41 Å². The van der Waals surface area contributed by atoms with Crippen molar-refractivity contribution in [3.05, 3.63) is 0 Å². The minimum Gasteiger partial charge on any atom is -0.344 e. The molecule has 0 aliphatic rings. The summed E-state index contributed by atoms with van der Waals surface area (Å²) in [5.41, 5.74) is 0.181. The maximum atomic E-state index is 11.0. The van der Waals surface area contributed by atoms with Crippen LogP contribution in [0.2, 0.25) is 0 Å². The maximum Gasteiger partial charge on any atom is 0.209 e. The minimum atomic E-state index is 0.181. The van der Waals surface area contributed by atoms with Crippen LogP contribution in [0.4, 0.5) is 0 Å². The van der Waals surface area contributed by atoms with Crippen LogP contribution < -0.4 is 5.32 Å². The molecule has 1 unspecified atom stereocenters. The highest BCUT2D eigenvalue weighted by Crippen LogP contribution is 2.19. The zero-order chi connectivity index (χ0) is 16.6. The van der Waals surface area contributed by atoms with Gasteiger partial charge in [0.2, 0.25) is 6.41 Å². The molecule has 0 saturated carbocycles. The second kappa shape index (κ2) is 16.5. The number of carbonyl (C=O) groups is 1. The fourth-order valence-corrected chi connectivity index (χ4v) is 1.78. The average Bonchev–Trinajstić information content (AvgIpc) is 2.45. The average molecular weight is 289 g/mol. The van der Waals surface area contributed by atoms with E-state index in [-0.39, 0.29) is 5.41 Å². The van der Waals surface area contributed by atoms with Gasteiger partial charge in [-0.25, -0.2) is 0 Å². The lowest BCUT2D eigenvalue weighted by atomic mass is 9.86. The smallest absolute Gasteiger partial charge is 0.209 e. The molecule has 0 radical (unpaired) electrons. The van der Waals surface area contributed by atoms with E-state index in [2.05, 4.69) is 33.0 Å². The Bertz CT molecular complexity index is 188. The van der Waals surface area contributed by atoms with Crippen LogP contribution in [-0.4, -0.2) is 37.5 Å². The third-order valence-corrected chi connectivity index (χ3v) is 3.01. The molecule has 20 heavy (non-hydrogen) atoms. The van der Waals surface area contributed by atoms with E-state index in [1.165, 1.54) is 12.8 Å². The summed E-state index contributed by atoms with van der Waals surface area (Å²) in [6.07, 6.45) is 4.48. The summed E-state index contributed by atoms with van der Waals surface area (Å²) >= 11 is 0. The molecule has 0 bridgehead atoms. The fraction of sp³-hybridized carbons (Fsp3) is 0.941. The third-order valence-electron chi connectivity index (χ3n) is 3.01. The molecule has 0 aliphatic carbocycles. The van der Waals surface area contributed by atoms with Gasteiger partial charge in [-0.15, -0.1) is 0 Å². The number of carbonyl (C=O) groups excluding carboxylic acids is 1. The topological polar surface area (TPSA) is 32.3 Å². The Balaban J connectivity index is -0.000000656. The van der Waals surface area contributed by atoms with Gasteiger partial charge in [0, 0.05) is 19.1 Å². The molecular formula is C17H40N2O. The molecule has 0 aromatic heterocycles. The van der Waals surface area contributed by atoms with Crippen LogP contribution in [0.15, 0.2) is 0 Å². The first kappa shape index (κ1) is 24.4. The highest BCUT2D eigenvalue weighted by atomic mass is 16.1. The summed E-state index contributed by atoms with van der Waals surface area (Å²) < 4.78 is 0. The predicted molar refractivity (Wildman–Crippen MR) is 92.2 cm³/mol. The molecule has 1 amide bonds. The fourth-order valence-electron chi connectivity index (χ4n) is 1.78. The van der Waals surface area contributed by atoms with Crippen molar-refractivity contribution in [2.45, 2.75) is 80.7 Å². The van der Waals surface area contributed by atoms with Gasteiger partial charge in [0.25, 0.3) is 0 Å². The lowest BCUT2D eigenvalue weighted by molar-refractivity contribution is -0.118. The number of hydrogen-bond donors (Lipinski definition) is 1. The van der Waals surface area contributed by atoms with Crippen LogP contribution in [0.25, 0.3) is 0 Å². The Morgan fingerprint density at radius 1 is 1.10 bits per heavy atom. The molecular weight excluding hydrogens is 248 g/mol. The summed E-state index contributed by atoms with van der Waals surface area (Å²) in [4.78, 5) is 12.9. The van der Waals surface area contributed by atoms with Gasteiger partial charge < -0.3 is 10.2 Å². The van der Waals surface area contributed by atoms with Crippen LogP contribution in [0.5, 0.6) is 0 Å². The van der Waals surface area contributed by atoms with Crippen molar-refractivity contribution in [3.63, 3.8) is 0 Å². The second-order valence-electron chi connectivity index (χ2n) is 5.51. The van der Waals surface area contributed by atoms with Crippen molar-refractivity contribution in [3.8, 4) is 0 Å². The molecule has 1 N–H and O–H groups in total. The van der Waals surface area contributed by atoms with Crippen molar-refractivity contribution in [2.75, 3.05) is 20.1 Å². The molecule has 1 atom stereocenters. The largest absolute Gasteiger partial charge is 0.344 e. The van der Waals surface area contributed by atoms with E-state index < -0.39 is 0 Å². The molecule has 0 aliphatic heterocycles. The Morgan fingerprint density at radius 2 is 1.60 bits per heavy atom. The van der Waals surface area contributed by atoms with Crippen molar-refractivity contribution in [1.82, 2.24) is 10.2 Å². The van der Waals surface area contributed by atoms with Gasteiger partial charge in [-0.05, 0) is 18.9 Å². The summed E-state index contributed by atoms with van der Waals surface area (Å²) in [5.74, 6) is 0. The van der Waals surface area contributed by atoms with Gasteiger partial charge in [-0.2, -0.15) is 0 Å². The predicted octanol–water partition coefficient (Wildman–Crippen LogP) is 4.32. The number of nitrogens with zero attached hydrogens (tertiary/aromatic N) is 1. The number of hydrogen-bond acceptors (Lipinski definition) is 2. The standard InChI is InChI=1S/C13H28N2O.2C2H6/c1-6-7-8-9-15(11-16)10-12(14-5)13(2,3)4;2*1-2/h11-12,14H,6-10H2,1-5H3;2*1-2H3. The molecule has 0 saturated heterocycles. The molecule has 124 valence electrons. The lowest BCUT2D eigenvalue weighted by Gasteiger charge is -2.33. The van der Waals surface area contributed by atoms with E-state index >= 15 is 0 Å². The Hall–Kier alpha value is -0.570. The van der Waals surface area contributed by atoms with Gasteiger partial charge in [-0.3, -0.25) is 4.79 Å². The number of likely N-dealkylation sites (N-methyl/N-ethyl adjacent to an activating group) is 1. The molecule has 0 aromatic carbocycles. The van der Waals surface area contributed by atoms with Crippen molar-refractivity contribution >= 4 is 6.41 Å². The highest BCUT2D eigenvalue weighted by molar-refractivity contribution is 5.47. The zero-order valence-corrected chi connectivity index (χ0v) is 15.5. The maximum absolute atomic E-state index is 11.0. The number of amides is 1. The molecule has 3 nitrogen and oxygen atoms in total. The van der Waals surface area contributed by atoms with Gasteiger partial charge in [0.05, 0.1) is 0 Å². The van der Waals surface area contributed by atoms with Crippen LogP contribution in [0.1, 0.15) is 74.7 Å². The molecule has 0 spiro atoms. The molecule has 0 rings (SSSR count). The van der Waals surface area contributed by atoms with E-state index in [0.29, 0.717) is 6.04 Å². The monoisotopic (exact) mass is 288 g/mol. The normalized spacial score (nSPS) is 11.4. The van der Waals surface area contributed by atoms with Gasteiger partial charge >= 0.3 is 0 Å². The van der Waals surface area contributed by atoms with Crippen molar-refractivity contribution in [1.29, 1.82) is 0 Å². The Kier molecular flexibility index (Phi) is 20.2. The molecule has 0 heterocycles. The van der Waals surface area contributed by atoms with E-state index in [1.54, 1.807) is 0 Å². The molecule has 0 fully saturated rings. The van der Waals surface area contributed by atoms with E-state index in [9.17, 15) is 4.79 Å². The first-order chi connectivity index (χ1) is 9.45. The molecule has 0 aromatic rings. The number of unbranched alkanes of at least 4 members (excludes halogenated alkanes) is 2. The van der Waals surface area contributed by atoms with Gasteiger partial charge in [0.1, 0.15) is 0 Å². The number of nitrogens with one attached hydrogen (secondary N) is 1. The zero-order valence-electron chi connectivity index (χ0n) is 15.5. The van der Waals surface area contributed by atoms with Gasteiger partial charge in [0.15, 0.2) is 0 Å². The lowest BCUT2D eigenvalue weighted by Crippen LogP contribution is -2.47. The minimum absolute atomic E-state index is 0.181. The number of rotatable bonds is 8. The summed E-state index contributed by atoms with van der Waals surface area (Å²) in [6.45, 7) is 18.4. The SMILES string of the molecule is CC.CC.CCCCCN(C=O)CC(NC)C(C)(C)C. The Morgan fingerprint density at radius 3 is 1.90 bits per heavy atom. The quantitative estimate of drug-likeness (QED) is 0.533. The molecule has 3 heteroatoms. The van der Waals surface area contributed by atoms with Crippen LogP contribution in [0.3, 0.4) is 0 Å². The van der Waals surface area contributed by atoms with E-state index in [1.807, 2.05) is 39.6 Å². The second-order valence-corrected chi connectivity index (χ2v) is 5.51. The first-order valence-corrected chi connectivity index (χ1v) is 8.32. The van der Waals surface area contributed by atoms with Crippen LogP contribution in [-0.2, 0) is 4.79 Å². The Labute approximate surface area is 128 Å². The third kappa shape index (κ3) is 13.9. The highest BCUT2D eigenvalue weighted by Gasteiger charge is 2.24. The van der Waals surface area contributed by atoms with E-state index in [4.69, 9.17) is 0 Å². The van der Waals surface area contributed by atoms with E-state index in [0.717, 1.165) is 25.9 Å². The van der Waals surface area contributed by atoms with Crippen molar-refractivity contribution < 1.29 is 4.79 Å². The summed E-state index contributed by atoms with van der Waals surface area (Å²) in [5, 5.41) is 3.30. The van der Waals surface area contributed by atoms with Gasteiger partial charge in [-0.1, -0.05) is 68.2 Å². The van der Waals surface area contributed by atoms with Crippen LogP contribution in [0, 0.1) is 5.41 Å². The summed E-state index contributed by atoms with van der Waals surface area (Å²) in [6, 6.07) is 0.347. The van der Waals surface area contributed by atoms with Crippen LogP contribution >= 0.6 is 0 Å². The summed E-state index contributed by atoms with van der Waals surface area (Å²) in [7, 11) is 1.96.